The molecule has 0 aromatic heterocycles. The predicted octanol–water partition coefficient (Wildman–Crippen LogP) is 4.05. The Bertz CT molecular complexity index is 877. The predicted molar refractivity (Wildman–Crippen MR) is 119 cm³/mol. The first-order chi connectivity index (χ1) is 15.1. The average Bonchev–Trinajstić information content (AvgIpc) is 2.74. The van der Waals surface area contributed by atoms with Crippen molar-refractivity contribution in [2.45, 2.75) is 64.6 Å². The summed E-state index contributed by atoms with van der Waals surface area (Å²) in [6.45, 7) is 8.28. The van der Waals surface area contributed by atoms with E-state index in [2.05, 4.69) is 13.8 Å². The second-order valence-electron chi connectivity index (χ2n) is 10.4. The summed E-state index contributed by atoms with van der Waals surface area (Å²) < 4.78 is 18.3. The van der Waals surface area contributed by atoms with Crippen LogP contribution in [0.2, 0.25) is 0 Å². The molecule has 1 amide bonds. The summed E-state index contributed by atoms with van der Waals surface area (Å²) in [5.41, 5.74) is 0.243. The zero-order valence-corrected chi connectivity index (χ0v) is 19.6. The lowest BCUT2D eigenvalue weighted by atomic mass is 9.63. The van der Waals surface area contributed by atoms with E-state index in [0.29, 0.717) is 50.0 Å². The third-order valence-corrected chi connectivity index (χ3v) is 7.42. The molecule has 0 aliphatic carbocycles. The van der Waals surface area contributed by atoms with Crippen LogP contribution in [0, 0.1) is 17.3 Å². The minimum atomic E-state index is -0.833. The van der Waals surface area contributed by atoms with Crippen molar-refractivity contribution in [2.75, 3.05) is 26.8 Å². The number of carbonyl (C=O) groups is 2. The van der Waals surface area contributed by atoms with Crippen LogP contribution in [0.25, 0.3) is 0 Å². The number of ether oxygens (including phenoxy) is 3. The van der Waals surface area contributed by atoms with Gasteiger partial charge in [0.25, 0.3) is 0 Å². The number of carboxylic acids is 1. The van der Waals surface area contributed by atoms with Gasteiger partial charge >= 0.3 is 5.97 Å². The van der Waals surface area contributed by atoms with Crippen molar-refractivity contribution in [3.8, 4) is 11.5 Å². The smallest absolute Gasteiger partial charge is 0.303 e. The van der Waals surface area contributed by atoms with Crippen LogP contribution in [0.1, 0.15) is 64.5 Å². The zero-order chi connectivity index (χ0) is 23.1. The Morgan fingerprint density at radius 1 is 1.28 bits per heavy atom. The van der Waals surface area contributed by atoms with Gasteiger partial charge in [-0.1, -0.05) is 13.8 Å². The fourth-order valence-electron chi connectivity index (χ4n) is 5.47. The summed E-state index contributed by atoms with van der Waals surface area (Å²) in [4.78, 5) is 25.9. The van der Waals surface area contributed by atoms with Crippen LogP contribution >= 0.6 is 0 Å². The fourth-order valence-corrected chi connectivity index (χ4v) is 5.47. The van der Waals surface area contributed by atoms with Gasteiger partial charge in [0.2, 0.25) is 5.91 Å². The standard InChI is InChI=1S/C25H35NO6/c1-16(2)5-8-21(27)26-13-25(14-26)12-19-23(31-15-25)18-7-6-17(30-4)11-20(18)32-24(19,3)10-9-22(28)29/h6-7,11,16,19,23H,5,8-10,12-15H2,1-4H3,(H,28,29)/t19-,23+,24-/m0/s1. The molecule has 176 valence electrons. The van der Waals surface area contributed by atoms with Gasteiger partial charge in [0.15, 0.2) is 0 Å². The summed E-state index contributed by atoms with van der Waals surface area (Å²) in [6.07, 6.45) is 2.63. The minimum Gasteiger partial charge on any atom is -0.497 e. The molecule has 1 spiro atoms. The Labute approximate surface area is 190 Å². The third kappa shape index (κ3) is 4.32. The van der Waals surface area contributed by atoms with Crippen LogP contribution in [-0.2, 0) is 14.3 Å². The van der Waals surface area contributed by atoms with E-state index < -0.39 is 11.6 Å². The Morgan fingerprint density at radius 2 is 2.03 bits per heavy atom. The van der Waals surface area contributed by atoms with Gasteiger partial charge in [0.1, 0.15) is 17.1 Å². The quantitative estimate of drug-likeness (QED) is 0.681. The summed E-state index contributed by atoms with van der Waals surface area (Å²) >= 11 is 0. The molecule has 0 bridgehead atoms. The number of benzene rings is 1. The largest absolute Gasteiger partial charge is 0.497 e. The number of methoxy groups -OCH3 is 1. The lowest BCUT2D eigenvalue weighted by Gasteiger charge is -2.59. The van der Waals surface area contributed by atoms with E-state index in [9.17, 15) is 14.7 Å². The van der Waals surface area contributed by atoms with Crippen LogP contribution in [0.5, 0.6) is 11.5 Å². The first kappa shape index (κ1) is 22.9. The first-order valence-corrected chi connectivity index (χ1v) is 11.6. The summed E-state index contributed by atoms with van der Waals surface area (Å²) in [6, 6.07) is 5.76. The molecule has 2 saturated heterocycles. The van der Waals surface area contributed by atoms with Gasteiger partial charge in [-0.05, 0) is 44.2 Å². The molecule has 1 aromatic rings. The molecule has 3 atom stereocenters. The van der Waals surface area contributed by atoms with Gasteiger partial charge in [-0.25, -0.2) is 0 Å². The second kappa shape index (κ2) is 8.58. The second-order valence-corrected chi connectivity index (χ2v) is 10.4. The lowest BCUT2D eigenvalue weighted by molar-refractivity contribution is -0.206. The molecule has 3 aliphatic rings. The molecule has 3 aliphatic heterocycles. The Kier molecular flexibility index (Phi) is 6.14. The monoisotopic (exact) mass is 445 g/mol. The van der Waals surface area contributed by atoms with Crippen molar-refractivity contribution in [3.63, 3.8) is 0 Å². The maximum Gasteiger partial charge on any atom is 0.303 e. The van der Waals surface area contributed by atoms with Gasteiger partial charge in [-0.3, -0.25) is 9.59 Å². The van der Waals surface area contributed by atoms with Crippen molar-refractivity contribution >= 4 is 11.9 Å². The van der Waals surface area contributed by atoms with Gasteiger partial charge in [0.05, 0.1) is 19.8 Å². The molecular formula is C25H35NO6. The highest BCUT2D eigenvalue weighted by atomic mass is 16.5. The molecule has 2 fully saturated rings. The maximum atomic E-state index is 12.6. The number of rotatable bonds is 7. The Morgan fingerprint density at radius 3 is 2.69 bits per heavy atom. The first-order valence-electron chi connectivity index (χ1n) is 11.6. The van der Waals surface area contributed by atoms with E-state index >= 15 is 0 Å². The van der Waals surface area contributed by atoms with Crippen LogP contribution in [0.3, 0.4) is 0 Å². The van der Waals surface area contributed by atoms with Crippen molar-refractivity contribution < 1.29 is 28.9 Å². The summed E-state index contributed by atoms with van der Waals surface area (Å²) in [5.74, 6) is 1.32. The minimum absolute atomic E-state index is 0.0180. The molecule has 4 rings (SSSR count). The van der Waals surface area contributed by atoms with Gasteiger partial charge in [-0.15, -0.1) is 0 Å². The molecule has 3 heterocycles. The van der Waals surface area contributed by atoms with Gasteiger partial charge < -0.3 is 24.2 Å². The number of hydrogen-bond donors (Lipinski definition) is 1. The van der Waals surface area contributed by atoms with E-state index in [1.54, 1.807) is 7.11 Å². The molecule has 32 heavy (non-hydrogen) atoms. The van der Waals surface area contributed by atoms with E-state index in [1.807, 2.05) is 30.0 Å². The molecule has 1 N–H and O–H groups in total. The molecule has 1 aromatic carbocycles. The van der Waals surface area contributed by atoms with Crippen LogP contribution < -0.4 is 9.47 Å². The molecule has 0 saturated carbocycles. The molecule has 0 unspecified atom stereocenters. The number of fused-ring (bicyclic) bond motifs is 3. The number of nitrogens with zero attached hydrogens (tertiary/aromatic N) is 1. The van der Waals surface area contributed by atoms with Gasteiger partial charge in [0, 0.05) is 48.9 Å². The van der Waals surface area contributed by atoms with Crippen LogP contribution in [0.15, 0.2) is 18.2 Å². The third-order valence-electron chi connectivity index (χ3n) is 7.42. The molecule has 0 radical (unpaired) electrons. The van der Waals surface area contributed by atoms with E-state index in [-0.39, 0.29) is 29.8 Å². The van der Waals surface area contributed by atoms with E-state index in [4.69, 9.17) is 14.2 Å². The maximum absolute atomic E-state index is 12.6. The van der Waals surface area contributed by atoms with Gasteiger partial charge in [-0.2, -0.15) is 0 Å². The number of likely N-dealkylation sites (tertiary alicyclic amines) is 1. The average molecular weight is 446 g/mol. The van der Waals surface area contributed by atoms with Crippen LogP contribution in [0.4, 0.5) is 0 Å². The highest BCUT2D eigenvalue weighted by Gasteiger charge is 2.57. The normalized spacial score (nSPS) is 27.8. The Balaban J connectivity index is 1.53. The van der Waals surface area contributed by atoms with Crippen molar-refractivity contribution in [1.82, 2.24) is 4.90 Å². The fraction of sp³-hybridized carbons (Fsp3) is 0.680. The van der Waals surface area contributed by atoms with Crippen molar-refractivity contribution in [1.29, 1.82) is 0 Å². The molecular weight excluding hydrogens is 410 g/mol. The Hall–Kier alpha value is -2.28. The number of carboxylic acid groups (broad SMARTS) is 1. The SMILES string of the molecule is COc1ccc2c(c1)O[C@@](C)(CCC(=O)O)[C@H]1CC3(CO[C@H]21)CN(C(=O)CCC(C)C)C3. The summed E-state index contributed by atoms with van der Waals surface area (Å²) in [7, 11) is 1.61. The van der Waals surface area contributed by atoms with E-state index in [0.717, 1.165) is 18.4 Å². The number of hydrogen-bond acceptors (Lipinski definition) is 5. The highest BCUT2D eigenvalue weighted by molar-refractivity contribution is 5.77. The van der Waals surface area contributed by atoms with Crippen molar-refractivity contribution in [3.05, 3.63) is 23.8 Å². The highest BCUT2D eigenvalue weighted by Crippen LogP contribution is 2.56. The zero-order valence-electron chi connectivity index (χ0n) is 19.6. The molecule has 7 heteroatoms. The van der Waals surface area contributed by atoms with E-state index in [1.165, 1.54) is 0 Å². The van der Waals surface area contributed by atoms with Crippen LogP contribution in [-0.4, -0.2) is 54.3 Å². The lowest BCUT2D eigenvalue weighted by Crippen LogP contribution is -2.65. The summed E-state index contributed by atoms with van der Waals surface area (Å²) in [5, 5.41) is 9.33. The number of aliphatic carboxylic acids is 1. The number of amides is 1. The number of carbonyl (C=O) groups excluding carboxylic acids is 1. The molecule has 7 nitrogen and oxygen atoms in total. The van der Waals surface area contributed by atoms with Crippen molar-refractivity contribution in [2.24, 2.45) is 17.3 Å². The topological polar surface area (TPSA) is 85.3 Å².